The van der Waals surface area contributed by atoms with Gasteiger partial charge in [0.05, 0.1) is 15.9 Å². The summed E-state index contributed by atoms with van der Waals surface area (Å²) in [4.78, 5) is 20.8. The topological polar surface area (TPSA) is 132 Å². The molecule has 8 nitrogen and oxygen atoms in total. The van der Waals surface area contributed by atoms with Gasteiger partial charge in [0, 0.05) is 11.5 Å². The maximum atomic E-state index is 11.5. The number of hydrogen-bond donors (Lipinski definition) is 2. The molecular weight excluding hydrogens is 336 g/mol. The summed E-state index contributed by atoms with van der Waals surface area (Å²) in [5.41, 5.74) is 3.52. The van der Waals surface area contributed by atoms with Crippen LogP contribution in [0.3, 0.4) is 0 Å². The molecule has 1 atom stereocenters. The Kier molecular flexibility index (Phi) is 13.0. The van der Waals surface area contributed by atoms with Crippen LogP contribution in [0.4, 0.5) is 0 Å². The van der Waals surface area contributed by atoms with Gasteiger partial charge in [0.2, 0.25) is 5.91 Å². The molecule has 0 bridgehead atoms. The smallest absolute Gasteiger partial charge is 0.223 e. The average Bonchev–Trinajstić information content (AvgIpc) is 2.39. The van der Waals surface area contributed by atoms with Crippen LogP contribution in [-0.2, 0) is 24.7 Å². The summed E-state index contributed by atoms with van der Waals surface area (Å²) in [6.45, 7) is 13.9. The summed E-state index contributed by atoms with van der Waals surface area (Å²) in [6.07, 6.45) is 0.673. The highest BCUT2D eigenvalue weighted by Gasteiger charge is 2.25. The third-order valence-corrected chi connectivity index (χ3v) is 3.75. The van der Waals surface area contributed by atoms with Gasteiger partial charge in [-0.15, -0.1) is 0 Å². The third-order valence-electron chi connectivity index (χ3n) is 2.68. The summed E-state index contributed by atoms with van der Waals surface area (Å²) in [5.74, 6) is -1.01. The van der Waals surface area contributed by atoms with Gasteiger partial charge in [0.25, 0.3) is 0 Å². The van der Waals surface area contributed by atoms with Crippen molar-refractivity contribution in [3.8, 4) is 0 Å². The molecule has 0 aliphatic carbocycles. The lowest BCUT2D eigenvalue weighted by atomic mass is 10.0. The fourth-order valence-corrected chi connectivity index (χ4v) is 2.34. The van der Waals surface area contributed by atoms with Crippen molar-refractivity contribution in [1.82, 2.24) is 5.32 Å². The zero-order chi connectivity index (χ0) is 19.4. The standard InChI is InChI=1S/C9H19NO4S.C6H13NO2/c1-5-7(2)8(11)10-9(3,4)6-15(12,13)14;1-6(2)5-9-8-4-3-7/h7H,5-6H2,1-4H3,(H,10,11)(H,12,13,14);1,3-5,7H2,2H3. The third kappa shape index (κ3) is 17.4. The molecule has 0 spiro atoms. The molecule has 0 aromatic rings. The van der Waals surface area contributed by atoms with E-state index in [1.165, 1.54) is 13.8 Å². The van der Waals surface area contributed by atoms with Gasteiger partial charge in [0.15, 0.2) is 0 Å². The van der Waals surface area contributed by atoms with E-state index < -0.39 is 21.4 Å². The number of rotatable bonds is 10. The minimum absolute atomic E-state index is 0.182. The maximum absolute atomic E-state index is 11.5. The lowest BCUT2D eigenvalue weighted by Gasteiger charge is -2.28. The highest BCUT2D eigenvalue weighted by Crippen LogP contribution is 2.09. The van der Waals surface area contributed by atoms with Gasteiger partial charge in [-0.1, -0.05) is 26.0 Å². The maximum Gasteiger partial charge on any atom is 0.223 e. The van der Waals surface area contributed by atoms with E-state index in [9.17, 15) is 17.8 Å². The Morgan fingerprint density at radius 3 is 2.29 bits per heavy atom. The summed E-state index contributed by atoms with van der Waals surface area (Å²) in [6, 6.07) is 0. The lowest BCUT2D eigenvalue weighted by molar-refractivity contribution is -0.401. The molecule has 0 aromatic carbocycles. The lowest BCUT2D eigenvalue weighted by Crippen LogP contribution is -2.52. The van der Waals surface area contributed by atoms with Gasteiger partial charge in [0.1, 0.15) is 19.8 Å². The molecule has 0 saturated heterocycles. The Balaban J connectivity index is 0. The van der Waals surface area contributed by atoms with Gasteiger partial charge in [-0.05, 0) is 27.2 Å². The molecule has 0 radical (unpaired) electrons. The number of amides is 1. The van der Waals surface area contributed by atoms with Gasteiger partial charge < -0.3 is 15.6 Å². The fourth-order valence-electron chi connectivity index (χ4n) is 1.38. The molecule has 24 heavy (non-hydrogen) atoms. The Morgan fingerprint density at radius 1 is 1.38 bits per heavy atom. The number of quaternary nitrogens is 1. The summed E-state index contributed by atoms with van der Waals surface area (Å²) in [5, 5.41) is 2.55. The molecule has 0 heterocycles. The van der Waals surface area contributed by atoms with Crippen LogP contribution in [0, 0.1) is 5.92 Å². The Bertz CT molecular complexity index is 476. The van der Waals surface area contributed by atoms with Gasteiger partial charge in [-0.25, -0.2) is 18.2 Å². The Hall–Kier alpha value is -1.00. The summed E-state index contributed by atoms with van der Waals surface area (Å²) >= 11 is 0. The Morgan fingerprint density at radius 2 is 1.92 bits per heavy atom. The number of carbonyl (C=O) groups is 1. The van der Waals surface area contributed by atoms with Crippen molar-refractivity contribution in [2.75, 3.05) is 25.5 Å². The van der Waals surface area contributed by atoms with Crippen molar-refractivity contribution >= 4 is 16.0 Å². The minimum Gasteiger partial charge on any atom is -0.748 e. The molecule has 0 fully saturated rings. The SMILES string of the molecule is C=C(C)COOCC[NH3+].CCC(C)C(=O)NC(C)(C)CS(=O)(=O)[O-]. The molecule has 9 heteroatoms. The quantitative estimate of drug-likeness (QED) is 0.186. The molecule has 0 saturated carbocycles. The normalized spacial score (nSPS) is 12.8. The van der Waals surface area contributed by atoms with Crippen molar-refractivity contribution in [3.05, 3.63) is 12.2 Å². The van der Waals surface area contributed by atoms with Gasteiger partial charge in [-0.3, -0.25) is 4.79 Å². The molecule has 0 aromatic heterocycles. The molecular formula is C15H32N2O6S. The van der Waals surface area contributed by atoms with Crippen LogP contribution in [0.2, 0.25) is 0 Å². The van der Waals surface area contributed by atoms with E-state index in [1.54, 1.807) is 6.92 Å². The largest absolute Gasteiger partial charge is 0.748 e. The fraction of sp³-hybridized carbons (Fsp3) is 0.800. The zero-order valence-electron chi connectivity index (χ0n) is 15.4. The molecule has 1 amide bonds. The highest BCUT2D eigenvalue weighted by atomic mass is 32.2. The predicted octanol–water partition coefficient (Wildman–Crippen LogP) is 0.225. The van der Waals surface area contributed by atoms with Crippen LogP contribution in [0.1, 0.15) is 41.0 Å². The monoisotopic (exact) mass is 368 g/mol. The molecule has 4 N–H and O–H groups in total. The van der Waals surface area contributed by atoms with E-state index in [2.05, 4.69) is 22.5 Å². The molecule has 0 rings (SSSR count). The molecule has 0 aliphatic rings. The van der Waals surface area contributed by atoms with E-state index in [0.717, 1.165) is 12.1 Å². The van der Waals surface area contributed by atoms with Crippen LogP contribution in [0.5, 0.6) is 0 Å². The summed E-state index contributed by atoms with van der Waals surface area (Å²) < 4.78 is 31.7. The van der Waals surface area contributed by atoms with E-state index >= 15 is 0 Å². The second-order valence-corrected chi connectivity index (χ2v) is 7.68. The first-order valence-corrected chi connectivity index (χ1v) is 9.36. The zero-order valence-corrected chi connectivity index (χ0v) is 16.2. The van der Waals surface area contributed by atoms with Gasteiger partial charge in [-0.2, -0.15) is 0 Å². The van der Waals surface area contributed by atoms with Crippen molar-refractivity contribution in [3.63, 3.8) is 0 Å². The first-order chi connectivity index (χ1) is 10.8. The van der Waals surface area contributed by atoms with Crippen LogP contribution >= 0.6 is 0 Å². The van der Waals surface area contributed by atoms with Crippen molar-refractivity contribution in [2.45, 2.75) is 46.6 Å². The van der Waals surface area contributed by atoms with Crippen molar-refractivity contribution in [2.24, 2.45) is 5.92 Å². The second kappa shape index (κ2) is 12.4. The van der Waals surface area contributed by atoms with E-state index in [1.807, 2.05) is 13.8 Å². The first kappa shape index (κ1) is 25.2. The van der Waals surface area contributed by atoms with E-state index in [-0.39, 0.29) is 11.8 Å². The van der Waals surface area contributed by atoms with E-state index in [0.29, 0.717) is 19.6 Å². The minimum atomic E-state index is -4.32. The molecule has 1 unspecified atom stereocenters. The molecule has 144 valence electrons. The van der Waals surface area contributed by atoms with Crippen LogP contribution in [0.25, 0.3) is 0 Å². The average molecular weight is 368 g/mol. The van der Waals surface area contributed by atoms with Crippen molar-refractivity contribution in [1.29, 1.82) is 0 Å². The number of nitrogens with one attached hydrogen (secondary N) is 1. The predicted molar refractivity (Wildman–Crippen MR) is 90.7 cm³/mol. The number of carbonyl (C=O) groups excluding carboxylic acids is 1. The highest BCUT2D eigenvalue weighted by molar-refractivity contribution is 7.85. The Labute approximate surface area is 145 Å². The van der Waals surface area contributed by atoms with Crippen LogP contribution in [-0.4, -0.2) is 49.9 Å². The van der Waals surface area contributed by atoms with E-state index in [4.69, 9.17) is 4.89 Å². The number of hydrogen-bond acceptors (Lipinski definition) is 6. The summed E-state index contributed by atoms with van der Waals surface area (Å²) in [7, 11) is -4.32. The second-order valence-electron chi connectivity index (χ2n) is 6.28. The van der Waals surface area contributed by atoms with Gasteiger partial charge >= 0.3 is 0 Å². The first-order valence-electron chi connectivity index (χ1n) is 7.78. The van der Waals surface area contributed by atoms with Crippen molar-refractivity contribution < 1.29 is 33.3 Å². The van der Waals surface area contributed by atoms with Crippen LogP contribution < -0.4 is 11.1 Å². The van der Waals surface area contributed by atoms with Crippen LogP contribution in [0.15, 0.2) is 12.2 Å². The molecule has 0 aliphatic heterocycles.